The van der Waals surface area contributed by atoms with Gasteiger partial charge in [-0.3, -0.25) is 15.1 Å². The number of terminal acetylenes is 1. The first-order chi connectivity index (χ1) is 13.9. The molecule has 0 spiro atoms. The second-order valence-corrected chi connectivity index (χ2v) is 6.70. The van der Waals surface area contributed by atoms with Crippen LogP contribution in [0.25, 0.3) is 11.1 Å². The van der Waals surface area contributed by atoms with Crippen LogP contribution in [0.3, 0.4) is 0 Å². The lowest BCUT2D eigenvalue weighted by atomic mass is 9.95. The van der Waals surface area contributed by atoms with E-state index in [1.807, 2.05) is 13.0 Å². The number of pyridine rings is 1. The van der Waals surface area contributed by atoms with E-state index in [1.54, 1.807) is 24.4 Å². The summed E-state index contributed by atoms with van der Waals surface area (Å²) in [5, 5.41) is 11.8. The van der Waals surface area contributed by atoms with E-state index < -0.39 is 10.7 Å². The molecule has 5 nitrogen and oxygen atoms in total. The van der Waals surface area contributed by atoms with Gasteiger partial charge in [-0.15, -0.1) is 6.42 Å². The number of nitro benzene ring substituents is 1. The zero-order valence-electron chi connectivity index (χ0n) is 15.5. The smallest absolute Gasteiger partial charge is 0.276 e. The van der Waals surface area contributed by atoms with Crippen molar-refractivity contribution in [3.8, 4) is 29.2 Å². The fourth-order valence-electron chi connectivity index (χ4n) is 3.07. The summed E-state index contributed by atoms with van der Waals surface area (Å²) in [6.07, 6.45) is 6.98. The Morgan fingerprint density at radius 3 is 2.76 bits per heavy atom. The predicted molar refractivity (Wildman–Crippen MR) is 110 cm³/mol. The maximum absolute atomic E-state index is 13.5. The van der Waals surface area contributed by atoms with Gasteiger partial charge < -0.3 is 4.74 Å². The summed E-state index contributed by atoms with van der Waals surface area (Å²) in [6, 6.07) is 10.5. The quantitative estimate of drug-likeness (QED) is 0.311. The molecule has 29 heavy (non-hydrogen) atoms. The maximum Gasteiger partial charge on any atom is 0.276 e. The topological polar surface area (TPSA) is 65.3 Å². The number of benzene rings is 2. The number of halogens is 2. The number of nitro groups is 1. The van der Waals surface area contributed by atoms with Gasteiger partial charge in [-0.1, -0.05) is 17.5 Å². The molecule has 0 aliphatic rings. The van der Waals surface area contributed by atoms with Crippen molar-refractivity contribution < 1.29 is 14.1 Å². The largest absolute Gasteiger partial charge is 0.481 e. The number of hydrogen-bond acceptors (Lipinski definition) is 4. The lowest BCUT2D eigenvalue weighted by molar-refractivity contribution is -0.385. The van der Waals surface area contributed by atoms with Gasteiger partial charge in [0.1, 0.15) is 18.2 Å². The molecule has 0 atom stereocenters. The summed E-state index contributed by atoms with van der Waals surface area (Å²) >= 11 is 6.25. The monoisotopic (exact) mass is 410 g/mol. The first kappa shape index (κ1) is 20.3. The Morgan fingerprint density at radius 1 is 1.28 bits per heavy atom. The van der Waals surface area contributed by atoms with Crippen molar-refractivity contribution in [3.63, 3.8) is 0 Å². The second kappa shape index (κ2) is 8.72. The Morgan fingerprint density at radius 2 is 2.07 bits per heavy atom. The molecule has 0 aliphatic heterocycles. The number of ether oxygens (including phenoxy) is 1. The van der Waals surface area contributed by atoms with Crippen LogP contribution in [0.15, 0.2) is 48.7 Å². The summed E-state index contributed by atoms with van der Waals surface area (Å²) in [4.78, 5) is 15.5. The molecule has 3 rings (SSSR count). The Labute approximate surface area is 172 Å². The van der Waals surface area contributed by atoms with E-state index in [1.165, 1.54) is 18.2 Å². The van der Waals surface area contributed by atoms with Gasteiger partial charge in [-0.2, -0.15) is 0 Å². The third-order valence-corrected chi connectivity index (χ3v) is 4.68. The average Bonchev–Trinajstić information content (AvgIpc) is 2.68. The first-order valence-corrected chi connectivity index (χ1v) is 9.02. The molecule has 2 aromatic carbocycles. The van der Waals surface area contributed by atoms with Crippen molar-refractivity contribution in [1.29, 1.82) is 0 Å². The van der Waals surface area contributed by atoms with E-state index in [0.29, 0.717) is 22.6 Å². The minimum Gasteiger partial charge on any atom is -0.481 e. The molecule has 3 aromatic rings. The number of aromatic nitrogens is 1. The standard InChI is InChI=1S/C22H16ClFN2O3/c1-3-10-29-17-6-4-15(21(13-17)26(27)28)11-20-22(14(2)8-9-25-20)18-7-5-16(24)12-19(18)23/h1,4-9,12-13H,10-11H2,2H3. The van der Waals surface area contributed by atoms with Gasteiger partial charge in [0.05, 0.1) is 21.7 Å². The highest BCUT2D eigenvalue weighted by Crippen LogP contribution is 2.35. The van der Waals surface area contributed by atoms with E-state index in [0.717, 1.165) is 11.1 Å². The highest BCUT2D eigenvalue weighted by Gasteiger charge is 2.20. The molecule has 0 saturated carbocycles. The van der Waals surface area contributed by atoms with Crippen LogP contribution in [0.1, 0.15) is 16.8 Å². The Bertz CT molecular complexity index is 1130. The van der Waals surface area contributed by atoms with E-state index >= 15 is 0 Å². The molecule has 0 unspecified atom stereocenters. The molecule has 0 amide bonds. The van der Waals surface area contributed by atoms with Crippen molar-refractivity contribution in [2.45, 2.75) is 13.3 Å². The third-order valence-electron chi connectivity index (χ3n) is 4.37. The van der Waals surface area contributed by atoms with Crippen LogP contribution < -0.4 is 4.74 Å². The predicted octanol–water partition coefficient (Wildman–Crippen LogP) is 5.36. The molecule has 0 saturated heterocycles. The fraction of sp³-hybridized carbons (Fsp3) is 0.136. The van der Waals surface area contributed by atoms with E-state index in [2.05, 4.69) is 10.9 Å². The zero-order valence-corrected chi connectivity index (χ0v) is 16.2. The van der Waals surface area contributed by atoms with Gasteiger partial charge >= 0.3 is 0 Å². The van der Waals surface area contributed by atoms with Crippen molar-refractivity contribution in [2.24, 2.45) is 0 Å². The molecule has 146 valence electrons. The van der Waals surface area contributed by atoms with Gasteiger partial charge in [0.25, 0.3) is 5.69 Å². The van der Waals surface area contributed by atoms with Crippen LogP contribution in [0, 0.1) is 35.2 Å². The van der Waals surface area contributed by atoms with Crippen molar-refractivity contribution >= 4 is 17.3 Å². The van der Waals surface area contributed by atoms with Gasteiger partial charge in [0, 0.05) is 29.3 Å². The summed E-state index contributed by atoms with van der Waals surface area (Å²) in [5.74, 6) is 2.19. The van der Waals surface area contributed by atoms with Gasteiger partial charge in [0.2, 0.25) is 0 Å². The summed E-state index contributed by atoms with van der Waals surface area (Å²) < 4.78 is 18.8. The molecule has 0 fully saturated rings. The molecule has 0 aliphatic carbocycles. The Kier molecular flexibility index (Phi) is 6.10. The molecular weight excluding hydrogens is 395 g/mol. The van der Waals surface area contributed by atoms with Gasteiger partial charge in [0.15, 0.2) is 0 Å². The van der Waals surface area contributed by atoms with Gasteiger partial charge in [-0.05, 0) is 48.9 Å². The summed E-state index contributed by atoms with van der Waals surface area (Å²) in [7, 11) is 0. The van der Waals surface area contributed by atoms with Crippen LogP contribution in [0.2, 0.25) is 5.02 Å². The van der Waals surface area contributed by atoms with Gasteiger partial charge in [-0.25, -0.2) is 4.39 Å². The number of rotatable bonds is 6. The molecule has 0 N–H and O–H groups in total. The lowest BCUT2D eigenvalue weighted by Gasteiger charge is -2.14. The number of hydrogen-bond donors (Lipinski definition) is 0. The molecule has 0 bridgehead atoms. The van der Waals surface area contributed by atoms with Crippen LogP contribution in [0.4, 0.5) is 10.1 Å². The Hall–Kier alpha value is -3.43. The maximum atomic E-state index is 13.5. The van der Waals surface area contributed by atoms with Crippen molar-refractivity contribution in [1.82, 2.24) is 4.98 Å². The normalized spacial score (nSPS) is 10.4. The highest BCUT2D eigenvalue weighted by atomic mass is 35.5. The third kappa shape index (κ3) is 4.53. The molecule has 1 heterocycles. The molecule has 7 heteroatoms. The average molecular weight is 411 g/mol. The number of nitrogens with zero attached hydrogens (tertiary/aromatic N) is 2. The second-order valence-electron chi connectivity index (χ2n) is 6.29. The van der Waals surface area contributed by atoms with Crippen molar-refractivity contribution in [2.75, 3.05) is 6.61 Å². The highest BCUT2D eigenvalue weighted by molar-refractivity contribution is 6.33. The van der Waals surface area contributed by atoms with Crippen LogP contribution in [0.5, 0.6) is 5.75 Å². The van der Waals surface area contributed by atoms with Crippen LogP contribution >= 0.6 is 11.6 Å². The molecular formula is C22H16ClFN2O3. The summed E-state index contributed by atoms with van der Waals surface area (Å²) in [5.41, 5.74) is 3.17. The van der Waals surface area contributed by atoms with Crippen LogP contribution in [-0.2, 0) is 6.42 Å². The van der Waals surface area contributed by atoms with E-state index in [4.69, 9.17) is 22.8 Å². The van der Waals surface area contributed by atoms with E-state index in [-0.39, 0.29) is 23.7 Å². The minimum atomic E-state index is -0.474. The number of aryl methyl sites for hydroxylation is 1. The summed E-state index contributed by atoms with van der Waals surface area (Å²) in [6.45, 7) is 1.90. The van der Waals surface area contributed by atoms with Crippen LogP contribution in [-0.4, -0.2) is 16.5 Å². The minimum absolute atomic E-state index is 0.0170. The lowest BCUT2D eigenvalue weighted by Crippen LogP contribution is -2.03. The first-order valence-electron chi connectivity index (χ1n) is 8.64. The molecule has 1 aromatic heterocycles. The molecule has 0 radical (unpaired) electrons. The van der Waals surface area contributed by atoms with Crippen molar-refractivity contribution in [3.05, 3.63) is 86.4 Å². The fourth-order valence-corrected chi connectivity index (χ4v) is 3.33. The SMILES string of the molecule is C#CCOc1ccc(Cc2nccc(C)c2-c2ccc(F)cc2Cl)c([N+](=O)[O-])c1. The Balaban J connectivity index is 2.07. The van der Waals surface area contributed by atoms with E-state index in [9.17, 15) is 14.5 Å². The zero-order chi connectivity index (χ0) is 21.0.